The van der Waals surface area contributed by atoms with E-state index in [1.54, 1.807) is 18.2 Å². The third-order valence-electron chi connectivity index (χ3n) is 3.67. The highest BCUT2D eigenvalue weighted by atomic mass is 19.3. The summed E-state index contributed by atoms with van der Waals surface area (Å²) in [5.41, 5.74) is 1.64. The topological polar surface area (TPSA) is 64.7 Å². The van der Waals surface area contributed by atoms with Gasteiger partial charge in [-0.05, 0) is 18.2 Å². The summed E-state index contributed by atoms with van der Waals surface area (Å²) in [4.78, 5) is 15.0. The molecule has 1 aliphatic carbocycles. The maximum Gasteiger partial charge on any atom is 0.279 e. The summed E-state index contributed by atoms with van der Waals surface area (Å²) >= 11 is 0. The number of ether oxygens (including phenoxy) is 1. The van der Waals surface area contributed by atoms with Gasteiger partial charge in [-0.3, -0.25) is 15.1 Å². The first kappa shape index (κ1) is 14.4. The molecule has 1 aromatic rings. The minimum Gasteiger partial charge on any atom is -0.497 e. The van der Waals surface area contributed by atoms with Gasteiger partial charge in [-0.1, -0.05) is 6.07 Å². The molecule has 0 saturated carbocycles. The van der Waals surface area contributed by atoms with Gasteiger partial charge in [0.25, 0.3) is 5.69 Å². The smallest absolute Gasteiger partial charge is 0.279 e. The van der Waals surface area contributed by atoms with Crippen molar-refractivity contribution in [2.24, 2.45) is 10.9 Å². The van der Waals surface area contributed by atoms with Crippen molar-refractivity contribution in [3.63, 3.8) is 0 Å². The number of aliphatic imine (C=N–C) groups is 1. The number of alkyl halides is 2. The third-order valence-corrected chi connectivity index (χ3v) is 3.67. The number of nitrogens with zero attached hydrogens (tertiary/aromatic N) is 2. The molecule has 2 aliphatic rings. The van der Waals surface area contributed by atoms with E-state index in [0.29, 0.717) is 28.3 Å². The Kier molecular flexibility index (Phi) is 3.48. The molecule has 0 spiro atoms. The van der Waals surface area contributed by atoms with E-state index in [0.717, 1.165) is 0 Å². The number of fused-ring (bicyclic) bond motifs is 3. The molecule has 0 N–H and O–H groups in total. The largest absolute Gasteiger partial charge is 0.497 e. The lowest BCUT2D eigenvalue weighted by Crippen LogP contribution is -2.19. The molecule has 5 nitrogen and oxygen atoms in total. The van der Waals surface area contributed by atoms with Gasteiger partial charge in [-0.25, -0.2) is 8.78 Å². The van der Waals surface area contributed by atoms with Crippen LogP contribution in [0.3, 0.4) is 0 Å². The van der Waals surface area contributed by atoms with Crippen LogP contribution in [0, 0.1) is 16.0 Å². The maximum absolute atomic E-state index is 12.8. The number of methoxy groups -OCH3 is 1. The second-order valence-corrected chi connectivity index (χ2v) is 4.99. The fourth-order valence-corrected chi connectivity index (χ4v) is 2.76. The highest BCUT2D eigenvalue weighted by Gasteiger charge is 2.35. The Labute approximate surface area is 124 Å². The number of halogens is 2. The van der Waals surface area contributed by atoms with E-state index in [9.17, 15) is 18.9 Å². The Balaban J connectivity index is 2.13. The molecule has 1 heterocycles. The van der Waals surface area contributed by atoms with Crippen LogP contribution in [0.25, 0.3) is 5.57 Å². The molecule has 3 rings (SSSR count). The van der Waals surface area contributed by atoms with Crippen LogP contribution >= 0.6 is 0 Å². The van der Waals surface area contributed by atoms with E-state index < -0.39 is 23.7 Å². The fraction of sp³-hybridized carbons (Fsp3) is 0.267. The molecule has 0 aromatic heterocycles. The summed E-state index contributed by atoms with van der Waals surface area (Å²) < 4.78 is 30.7. The van der Waals surface area contributed by atoms with E-state index in [1.807, 2.05) is 0 Å². The van der Waals surface area contributed by atoms with E-state index in [4.69, 9.17) is 4.74 Å². The zero-order chi connectivity index (χ0) is 15.9. The minimum atomic E-state index is -2.50. The molecule has 22 heavy (non-hydrogen) atoms. The van der Waals surface area contributed by atoms with Crippen molar-refractivity contribution in [2.45, 2.75) is 12.8 Å². The number of rotatable bonds is 4. The van der Waals surface area contributed by atoms with Gasteiger partial charge < -0.3 is 4.74 Å². The molecule has 0 saturated heterocycles. The SMILES string of the molecule is COC1=CC(CC(F)F)C2=Nc3cccc([N+](=O)[O-])c3C2=C1. The Morgan fingerprint density at radius 1 is 1.45 bits per heavy atom. The predicted octanol–water partition coefficient (Wildman–Crippen LogP) is 3.88. The van der Waals surface area contributed by atoms with Gasteiger partial charge in [-0.2, -0.15) is 0 Å². The summed E-state index contributed by atoms with van der Waals surface area (Å²) in [5, 5.41) is 11.2. The summed E-state index contributed by atoms with van der Waals surface area (Å²) in [6, 6.07) is 4.55. The molecule has 1 atom stereocenters. The van der Waals surface area contributed by atoms with Crippen molar-refractivity contribution in [1.82, 2.24) is 0 Å². The molecular weight excluding hydrogens is 294 g/mol. The third kappa shape index (κ3) is 2.28. The molecule has 0 radical (unpaired) electrons. The van der Waals surface area contributed by atoms with Crippen LogP contribution in [-0.4, -0.2) is 24.2 Å². The molecule has 0 fully saturated rings. The molecule has 1 aromatic carbocycles. The molecule has 1 unspecified atom stereocenters. The van der Waals surface area contributed by atoms with Gasteiger partial charge in [0.1, 0.15) is 5.76 Å². The van der Waals surface area contributed by atoms with Gasteiger partial charge in [0.05, 0.1) is 29.0 Å². The van der Waals surface area contributed by atoms with Crippen LogP contribution in [-0.2, 0) is 4.74 Å². The molecule has 114 valence electrons. The Hall–Kier alpha value is -2.57. The molecule has 0 bridgehead atoms. The number of nitro benzene ring substituents is 1. The molecule has 7 heteroatoms. The van der Waals surface area contributed by atoms with Crippen molar-refractivity contribution in [3.8, 4) is 0 Å². The summed E-state index contributed by atoms with van der Waals surface area (Å²) in [6.07, 6.45) is 0.288. The lowest BCUT2D eigenvalue weighted by molar-refractivity contribution is -0.385. The van der Waals surface area contributed by atoms with Crippen molar-refractivity contribution >= 4 is 22.7 Å². The highest BCUT2D eigenvalue weighted by Crippen LogP contribution is 2.45. The molecular formula is C15H12F2N2O3. The van der Waals surface area contributed by atoms with Gasteiger partial charge in [0.2, 0.25) is 6.43 Å². The van der Waals surface area contributed by atoms with Crippen LogP contribution in [0.5, 0.6) is 0 Å². The number of hydrogen-bond donors (Lipinski definition) is 0. The van der Waals surface area contributed by atoms with E-state index in [1.165, 1.54) is 19.2 Å². The van der Waals surface area contributed by atoms with E-state index >= 15 is 0 Å². The predicted molar refractivity (Wildman–Crippen MR) is 77.4 cm³/mol. The average Bonchev–Trinajstić information content (AvgIpc) is 2.85. The second-order valence-electron chi connectivity index (χ2n) is 4.99. The Bertz CT molecular complexity index is 738. The summed E-state index contributed by atoms with van der Waals surface area (Å²) in [7, 11) is 1.43. The minimum absolute atomic E-state index is 0.0874. The fourth-order valence-electron chi connectivity index (χ4n) is 2.76. The van der Waals surface area contributed by atoms with Crippen molar-refractivity contribution in [2.75, 3.05) is 7.11 Å². The van der Waals surface area contributed by atoms with Crippen LogP contribution in [0.2, 0.25) is 0 Å². The van der Waals surface area contributed by atoms with Crippen LogP contribution in [0.1, 0.15) is 12.0 Å². The maximum atomic E-state index is 12.8. The number of benzene rings is 1. The molecule has 0 amide bonds. The van der Waals surface area contributed by atoms with Crippen LogP contribution < -0.4 is 0 Å². The van der Waals surface area contributed by atoms with Crippen LogP contribution in [0.15, 0.2) is 41.1 Å². The number of nitro groups is 1. The van der Waals surface area contributed by atoms with Gasteiger partial charge in [0.15, 0.2) is 0 Å². The summed E-state index contributed by atoms with van der Waals surface area (Å²) in [5.74, 6) is -0.215. The van der Waals surface area contributed by atoms with Crippen molar-refractivity contribution in [1.29, 1.82) is 0 Å². The standard InChI is InChI=1S/C15H12F2N2O3/c1-22-9-5-8(6-13(16)17)15-10(7-9)14-11(18-15)3-2-4-12(14)19(20)21/h2-5,7-8,13H,6H2,1H3. The summed E-state index contributed by atoms with van der Waals surface area (Å²) in [6.45, 7) is 0. The quantitative estimate of drug-likeness (QED) is 0.626. The van der Waals surface area contributed by atoms with E-state index in [2.05, 4.69) is 4.99 Å². The Morgan fingerprint density at radius 3 is 2.86 bits per heavy atom. The van der Waals surface area contributed by atoms with Gasteiger partial charge in [0, 0.05) is 24.0 Å². The highest BCUT2D eigenvalue weighted by molar-refractivity contribution is 6.32. The van der Waals surface area contributed by atoms with E-state index in [-0.39, 0.29) is 5.69 Å². The monoisotopic (exact) mass is 306 g/mol. The van der Waals surface area contributed by atoms with Gasteiger partial charge in [-0.15, -0.1) is 0 Å². The first-order valence-corrected chi connectivity index (χ1v) is 6.63. The zero-order valence-electron chi connectivity index (χ0n) is 11.6. The normalized spacial score (nSPS) is 19.1. The first-order chi connectivity index (χ1) is 10.5. The number of hydrogen-bond acceptors (Lipinski definition) is 4. The lowest BCUT2D eigenvalue weighted by Gasteiger charge is -2.20. The van der Waals surface area contributed by atoms with Gasteiger partial charge >= 0.3 is 0 Å². The lowest BCUT2D eigenvalue weighted by atomic mass is 9.86. The van der Waals surface area contributed by atoms with Crippen LogP contribution in [0.4, 0.5) is 20.2 Å². The zero-order valence-corrected chi connectivity index (χ0v) is 11.6. The number of allylic oxidation sites excluding steroid dienone is 3. The van der Waals surface area contributed by atoms with Crippen molar-refractivity contribution < 1.29 is 18.4 Å². The average molecular weight is 306 g/mol. The second kappa shape index (κ2) is 5.32. The first-order valence-electron chi connectivity index (χ1n) is 6.63. The van der Waals surface area contributed by atoms with Crippen molar-refractivity contribution in [3.05, 3.63) is 51.8 Å². The Morgan fingerprint density at radius 2 is 2.23 bits per heavy atom. The molecule has 1 aliphatic heterocycles.